The summed E-state index contributed by atoms with van der Waals surface area (Å²) in [6, 6.07) is 7.11. The number of amides is 1. The van der Waals surface area contributed by atoms with E-state index < -0.39 is 23.2 Å². The molecule has 2 fully saturated rings. The third kappa shape index (κ3) is 5.52. The first-order valence-electron chi connectivity index (χ1n) is 14.5. The summed E-state index contributed by atoms with van der Waals surface area (Å²) >= 11 is 0. The smallest absolute Gasteiger partial charge is 0.349 e. The minimum atomic E-state index is -0.947. The number of hydrogen-bond donors (Lipinski definition) is 3. The molecule has 232 valence electrons. The van der Waals surface area contributed by atoms with Gasteiger partial charge in [0.25, 0.3) is 0 Å². The lowest BCUT2D eigenvalue weighted by molar-refractivity contribution is -0.119. The van der Waals surface area contributed by atoms with Crippen molar-refractivity contribution in [2.45, 2.75) is 37.9 Å². The Hall–Kier alpha value is -4.36. The lowest BCUT2D eigenvalue weighted by Gasteiger charge is -2.30. The molecule has 6 rings (SSSR count). The number of alkyl halides is 1. The molecule has 0 saturated carbocycles. The number of nitrogens with one attached hydrogen (secondary N) is 2. The average molecular weight is 610 g/mol. The van der Waals surface area contributed by atoms with Gasteiger partial charge in [-0.05, 0) is 49.9 Å². The number of phenolic OH excluding ortho intramolecular Hbond substituents is 1. The van der Waals surface area contributed by atoms with Gasteiger partial charge in [-0.2, -0.15) is 9.97 Å². The van der Waals surface area contributed by atoms with Crippen molar-refractivity contribution in [2.24, 2.45) is 0 Å². The predicted octanol–water partition coefficient (Wildman–Crippen LogP) is 3.69. The van der Waals surface area contributed by atoms with Gasteiger partial charge in [-0.1, -0.05) is 12.1 Å². The topological polar surface area (TPSA) is 139 Å². The summed E-state index contributed by atoms with van der Waals surface area (Å²) in [6.45, 7) is 3.33. The Morgan fingerprint density at radius 1 is 1.27 bits per heavy atom. The maximum atomic E-state index is 15.1. The Bertz CT molecular complexity index is 1800. The van der Waals surface area contributed by atoms with E-state index in [2.05, 4.69) is 25.5 Å². The summed E-state index contributed by atoms with van der Waals surface area (Å²) in [5.74, 6) is -1.04. The molecule has 4 aromatic rings. The number of carbonyl (C=O) groups excluding carboxylic acids is 1. The Kier molecular flexibility index (Phi) is 8.08. The summed E-state index contributed by atoms with van der Waals surface area (Å²) in [7, 11) is 1.52. The Balaban J connectivity index is 1.44. The van der Waals surface area contributed by atoms with Gasteiger partial charge in [0.2, 0.25) is 5.91 Å². The number of nitrogens with zero attached hydrogens (tertiary/aromatic N) is 3. The number of aromatic hydroxyl groups is 1. The molecule has 44 heavy (non-hydrogen) atoms. The molecular formula is C31H33F2N5O6. The fourth-order valence-electron chi connectivity index (χ4n) is 6.39. The second-order valence-electron chi connectivity index (χ2n) is 11.3. The molecule has 0 bridgehead atoms. The molecule has 2 aliphatic rings. The molecule has 2 aliphatic heterocycles. The van der Waals surface area contributed by atoms with E-state index in [1.807, 2.05) is 0 Å². The fraction of sp³-hybridized carbons (Fsp3) is 0.419. The number of carbonyl (C=O) groups is 1. The molecule has 1 amide bonds. The lowest BCUT2D eigenvalue weighted by Crippen LogP contribution is -2.43. The number of rotatable bonds is 10. The molecule has 2 saturated heterocycles. The van der Waals surface area contributed by atoms with Crippen molar-refractivity contribution in [3.05, 3.63) is 52.1 Å². The zero-order valence-corrected chi connectivity index (χ0v) is 24.4. The van der Waals surface area contributed by atoms with Crippen LogP contribution in [0.2, 0.25) is 0 Å². The molecular weight excluding hydrogens is 576 g/mol. The standard InChI is InChI=1S/C31H33F2N5O6/c1-17-26-25(29(41)44-27(17)21-12-20(39)11-18-5-3-6-22(33)24(18)21)28(35-14-23(40)34-8-10-42-2)37-30(36-26)43-16-31-7-4-9-38(31)15-19(32)13-31/h3,5-6,11-12,19,39H,4,7-10,13-16H2,1-2H3,(H,34,40)(H,35,36,37)/t19-,31+/m1/s1. The SMILES string of the molecule is COCCNC(=O)CNc1nc(OC[C@@]23CCCN2C[C@H](F)C3)nc2c(C)c(-c3cc(O)cc4cccc(F)c34)oc(=O)c12. The number of methoxy groups -OCH3 is 1. The number of phenols is 1. The van der Waals surface area contributed by atoms with Crippen molar-refractivity contribution < 1.29 is 32.6 Å². The van der Waals surface area contributed by atoms with Crippen LogP contribution in [0.4, 0.5) is 14.6 Å². The summed E-state index contributed by atoms with van der Waals surface area (Å²) in [6.07, 6.45) is 1.10. The normalized spacial score (nSPS) is 19.9. The van der Waals surface area contributed by atoms with Gasteiger partial charge < -0.3 is 29.6 Å². The van der Waals surface area contributed by atoms with Crippen molar-refractivity contribution in [3.63, 3.8) is 0 Å². The van der Waals surface area contributed by atoms with Crippen LogP contribution in [-0.4, -0.2) is 84.1 Å². The molecule has 13 heteroatoms. The van der Waals surface area contributed by atoms with E-state index >= 15 is 4.39 Å². The first-order chi connectivity index (χ1) is 21.2. The minimum Gasteiger partial charge on any atom is -0.508 e. The molecule has 0 aliphatic carbocycles. The first kappa shape index (κ1) is 29.7. The van der Waals surface area contributed by atoms with E-state index in [4.69, 9.17) is 13.9 Å². The van der Waals surface area contributed by atoms with E-state index in [-0.39, 0.29) is 64.2 Å². The Morgan fingerprint density at radius 3 is 2.93 bits per heavy atom. The molecule has 2 aromatic carbocycles. The molecule has 3 N–H and O–H groups in total. The number of aryl methyl sites for hydroxylation is 1. The highest BCUT2D eigenvalue weighted by Gasteiger charge is 2.49. The van der Waals surface area contributed by atoms with Crippen molar-refractivity contribution in [1.29, 1.82) is 0 Å². The van der Waals surface area contributed by atoms with Crippen LogP contribution < -0.4 is 21.0 Å². The van der Waals surface area contributed by atoms with Gasteiger partial charge in [0.1, 0.15) is 41.3 Å². The van der Waals surface area contributed by atoms with E-state index in [1.54, 1.807) is 13.0 Å². The van der Waals surface area contributed by atoms with Crippen LogP contribution in [0.3, 0.4) is 0 Å². The number of fused-ring (bicyclic) bond motifs is 3. The van der Waals surface area contributed by atoms with Crippen LogP contribution in [0.1, 0.15) is 24.8 Å². The van der Waals surface area contributed by atoms with Gasteiger partial charge in [-0.15, -0.1) is 0 Å². The van der Waals surface area contributed by atoms with Crippen molar-refractivity contribution in [3.8, 4) is 23.1 Å². The molecule has 4 heterocycles. The number of benzene rings is 2. The number of halogens is 2. The minimum absolute atomic E-state index is 0.0119. The van der Waals surface area contributed by atoms with Gasteiger partial charge in [0, 0.05) is 43.1 Å². The van der Waals surface area contributed by atoms with Gasteiger partial charge in [0.05, 0.1) is 24.2 Å². The second kappa shape index (κ2) is 12.0. The van der Waals surface area contributed by atoms with Crippen LogP contribution in [0, 0.1) is 12.7 Å². The van der Waals surface area contributed by atoms with E-state index in [9.17, 15) is 19.1 Å². The monoisotopic (exact) mass is 609 g/mol. The molecule has 0 spiro atoms. The largest absolute Gasteiger partial charge is 0.508 e. The zero-order valence-electron chi connectivity index (χ0n) is 24.4. The van der Waals surface area contributed by atoms with Gasteiger partial charge in [0.15, 0.2) is 0 Å². The summed E-state index contributed by atoms with van der Waals surface area (Å²) < 4.78 is 46.3. The lowest BCUT2D eigenvalue weighted by atomic mass is 9.95. The Morgan fingerprint density at radius 2 is 2.11 bits per heavy atom. The molecule has 2 aromatic heterocycles. The van der Waals surface area contributed by atoms with Crippen LogP contribution in [0.15, 0.2) is 39.5 Å². The number of aromatic nitrogens is 2. The van der Waals surface area contributed by atoms with Gasteiger partial charge in [-0.25, -0.2) is 13.6 Å². The summed E-state index contributed by atoms with van der Waals surface area (Å²) in [5, 5.41) is 16.5. The fourth-order valence-corrected chi connectivity index (χ4v) is 6.39. The van der Waals surface area contributed by atoms with Crippen molar-refractivity contribution in [2.75, 3.05) is 51.8 Å². The molecule has 0 radical (unpaired) electrons. The third-order valence-corrected chi connectivity index (χ3v) is 8.41. The van der Waals surface area contributed by atoms with Crippen LogP contribution in [-0.2, 0) is 9.53 Å². The average Bonchev–Trinajstić information content (AvgIpc) is 3.52. The highest BCUT2D eigenvalue weighted by molar-refractivity contribution is 6.01. The van der Waals surface area contributed by atoms with Gasteiger partial charge >= 0.3 is 11.6 Å². The maximum absolute atomic E-state index is 15.1. The van der Waals surface area contributed by atoms with Crippen LogP contribution >= 0.6 is 0 Å². The first-order valence-corrected chi connectivity index (χ1v) is 14.5. The molecule has 11 nitrogen and oxygen atoms in total. The quantitative estimate of drug-likeness (QED) is 0.228. The number of ether oxygens (including phenoxy) is 2. The maximum Gasteiger partial charge on any atom is 0.349 e. The number of anilines is 1. The summed E-state index contributed by atoms with van der Waals surface area (Å²) in [4.78, 5) is 37.0. The second-order valence-corrected chi connectivity index (χ2v) is 11.3. The van der Waals surface area contributed by atoms with E-state index in [0.717, 1.165) is 19.4 Å². The highest BCUT2D eigenvalue weighted by atomic mass is 19.1. The highest BCUT2D eigenvalue weighted by Crippen LogP contribution is 2.41. The van der Waals surface area contributed by atoms with Crippen molar-refractivity contribution in [1.82, 2.24) is 20.2 Å². The predicted molar refractivity (Wildman–Crippen MR) is 159 cm³/mol. The van der Waals surface area contributed by atoms with Crippen LogP contribution in [0.25, 0.3) is 33.0 Å². The molecule has 2 atom stereocenters. The number of hydrogen-bond acceptors (Lipinski definition) is 10. The zero-order chi connectivity index (χ0) is 31.0. The Labute approximate surface area is 251 Å². The van der Waals surface area contributed by atoms with E-state index in [1.165, 1.54) is 31.4 Å². The third-order valence-electron chi connectivity index (χ3n) is 8.41. The van der Waals surface area contributed by atoms with Crippen LogP contribution in [0.5, 0.6) is 11.8 Å². The van der Waals surface area contributed by atoms with Gasteiger partial charge in [-0.3, -0.25) is 9.69 Å². The van der Waals surface area contributed by atoms with E-state index in [0.29, 0.717) is 37.1 Å². The van der Waals surface area contributed by atoms with Crippen molar-refractivity contribution >= 4 is 33.4 Å². The summed E-state index contributed by atoms with van der Waals surface area (Å²) in [5.41, 5.74) is -0.616. The molecule has 0 unspecified atom stereocenters.